The van der Waals surface area contributed by atoms with Crippen molar-refractivity contribution < 1.29 is 9.72 Å². The first kappa shape index (κ1) is 14.7. The van der Waals surface area contributed by atoms with Crippen LogP contribution in [-0.2, 0) is 0 Å². The van der Waals surface area contributed by atoms with E-state index < -0.39 is 6.04 Å². The fraction of sp³-hybridized carbons (Fsp3) is 0.462. The van der Waals surface area contributed by atoms with E-state index in [0.29, 0.717) is 23.4 Å². The summed E-state index contributed by atoms with van der Waals surface area (Å²) in [5, 5.41) is 11.5. The molecule has 1 saturated carbocycles. The molecular formula is C13H16ClN3O3. The number of nitrogens with zero attached hydrogens (tertiary/aromatic N) is 1. The number of benzene rings is 1. The summed E-state index contributed by atoms with van der Waals surface area (Å²) in [5.41, 5.74) is 5.78. The molecule has 2 atom stereocenters. The topological polar surface area (TPSA) is 84.3 Å². The van der Waals surface area contributed by atoms with Gasteiger partial charge in [0.1, 0.15) is 0 Å². The van der Waals surface area contributed by atoms with Crippen molar-refractivity contribution in [1.82, 2.24) is 10.9 Å². The molecule has 0 saturated heterocycles. The van der Waals surface area contributed by atoms with E-state index in [1.807, 2.05) is 0 Å². The normalized spacial score (nSPS) is 22.2. The van der Waals surface area contributed by atoms with Crippen LogP contribution in [0.15, 0.2) is 24.3 Å². The van der Waals surface area contributed by atoms with E-state index in [0.717, 1.165) is 12.8 Å². The highest BCUT2D eigenvalue weighted by Gasteiger charge is 2.34. The second-order valence-electron chi connectivity index (χ2n) is 4.85. The highest BCUT2D eigenvalue weighted by Crippen LogP contribution is 2.20. The SMILES string of the molecule is O=C(NNC1CCCCC1[N+](=O)[O-])c1ccc(Cl)cc1. The van der Waals surface area contributed by atoms with Crippen LogP contribution in [0, 0.1) is 10.1 Å². The Bertz CT molecular complexity index is 492. The van der Waals surface area contributed by atoms with E-state index in [9.17, 15) is 14.9 Å². The molecule has 2 rings (SSSR count). The molecule has 1 fully saturated rings. The third-order valence-electron chi connectivity index (χ3n) is 3.48. The Morgan fingerprint density at radius 2 is 1.90 bits per heavy atom. The first-order valence-corrected chi connectivity index (χ1v) is 6.90. The van der Waals surface area contributed by atoms with Gasteiger partial charge in [-0.3, -0.25) is 20.3 Å². The van der Waals surface area contributed by atoms with Crippen LogP contribution in [0.1, 0.15) is 36.0 Å². The number of carbonyl (C=O) groups excluding carboxylic acids is 1. The van der Waals surface area contributed by atoms with Gasteiger partial charge in [0, 0.05) is 21.9 Å². The fourth-order valence-corrected chi connectivity index (χ4v) is 2.49. The maximum absolute atomic E-state index is 11.9. The lowest BCUT2D eigenvalue weighted by Gasteiger charge is -2.26. The van der Waals surface area contributed by atoms with Crippen molar-refractivity contribution in [2.24, 2.45) is 0 Å². The van der Waals surface area contributed by atoms with Gasteiger partial charge in [-0.25, -0.2) is 5.43 Å². The summed E-state index contributed by atoms with van der Waals surface area (Å²) < 4.78 is 0. The monoisotopic (exact) mass is 297 g/mol. The van der Waals surface area contributed by atoms with Crippen LogP contribution in [0.25, 0.3) is 0 Å². The van der Waals surface area contributed by atoms with Crippen molar-refractivity contribution in [1.29, 1.82) is 0 Å². The standard InChI is InChI=1S/C13H16ClN3O3/c14-10-7-5-9(6-8-10)13(18)16-15-11-3-1-2-4-12(11)17(19)20/h5-8,11-12,15H,1-4H2,(H,16,18). The van der Waals surface area contributed by atoms with Crippen LogP contribution in [0.2, 0.25) is 5.02 Å². The molecule has 1 aliphatic rings. The minimum atomic E-state index is -0.644. The Labute approximate surface area is 121 Å². The molecule has 20 heavy (non-hydrogen) atoms. The number of rotatable bonds is 4. The van der Waals surface area contributed by atoms with E-state index in [-0.39, 0.29) is 16.9 Å². The van der Waals surface area contributed by atoms with Crippen LogP contribution in [0.5, 0.6) is 0 Å². The number of halogens is 1. The molecule has 0 radical (unpaired) electrons. The van der Waals surface area contributed by atoms with Gasteiger partial charge in [-0.05, 0) is 37.1 Å². The maximum Gasteiger partial charge on any atom is 0.265 e. The average Bonchev–Trinajstić information content (AvgIpc) is 2.45. The molecule has 2 N–H and O–H groups in total. The Kier molecular flexibility index (Phi) is 4.92. The lowest BCUT2D eigenvalue weighted by molar-refractivity contribution is -0.530. The molecule has 1 aliphatic carbocycles. The molecule has 6 nitrogen and oxygen atoms in total. The van der Waals surface area contributed by atoms with Crippen molar-refractivity contribution in [3.8, 4) is 0 Å². The van der Waals surface area contributed by atoms with Crippen LogP contribution in [0.4, 0.5) is 0 Å². The predicted molar refractivity (Wildman–Crippen MR) is 75.1 cm³/mol. The quantitative estimate of drug-likeness (QED) is 0.659. The molecular weight excluding hydrogens is 282 g/mol. The van der Waals surface area contributed by atoms with Crippen molar-refractivity contribution >= 4 is 17.5 Å². The lowest BCUT2D eigenvalue weighted by Crippen LogP contribution is -2.53. The largest absolute Gasteiger partial charge is 0.287 e. The van der Waals surface area contributed by atoms with Gasteiger partial charge in [0.2, 0.25) is 6.04 Å². The molecule has 0 heterocycles. The first-order valence-electron chi connectivity index (χ1n) is 6.53. The Hall–Kier alpha value is -1.66. The van der Waals surface area contributed by atoms with Crippen LogP contribution in [-0.4, -0.2) is 22.9 Å². The van der Waals surface area contributed by atoms with E-state index in [4.69, 9.17) is 11.6 Å². The summed E-state index contributed by atoms with van der Waals surface area (Å²) in [5.74, 6) is -0.325. The van der Waals surface area contributed by atoms with Crippen LogP contribution < -0.4 is 10.9 Å². The summed E-state index contributed by atoms with van der Waals surface area (Å²) in [7, 11) is 0. The number of amides is 1. The summed E-state index contributed by atoms with van der Waals surface area (Å²) in [4.78, 5) is 22.6. The number of nitro groups is 1. The van der Waals surface area contributed by atoms with Crippen molar-refractivity contribution in [3.63, 3.8) is 0 Å². The number of hydrogen-bond donors (Lipinski definition) is 2. The third-order valence-corrected chi connectivity index (χ3v) is 3.73. The predicted octanol–water partition coefficient (Wildman–Crippen LogP) is 2.16. The molecule has 2 unspecified atom stereocenters. The van der Waals surface area contributed by atoms with E-state index in [2.05, 4.69) is 10.9 Å². The van der Waals surface area contributed by atoms with Gasteiger partial charge in [0.05, 0.1) is 6.04 Å². The van der Waals surface area contributed by atoms with Gasteiger partial charge < -0.3 is 0 Å². The fourth-order valence-electron chi connectivity index (χ4n) is 2.36. The molecule has 1 aromatic rings. The minimum absolute atomic E-state index is 0.273. The molecule has 0 aromatic heterocycles. The zero-order valence-electron chi connectivity index (χ0n) is 10.8. The van der Waals surface area contributed by atoms with Gasteiger partial charge in [0.25, 0.3) is 5.91 Å². The highest BCUT2D eigenvalue weighted by atomic mass is 35.5. The van der Waals surface area contributed by atoms with E-state index in [1.54, 1.807) is 24.3 Å². The van der Waals surface area contributed by atoms with Gasteiger partial charge in [-0.1, -0.05) is 18.0 Å². The molecule has 1 aromatic carbocycles. The van der Waals surface area contributed by atoms with Gasteiger partial charge in [-0.2, -0.15) is 0 Å². The van der Waals surface area contributed by atoms with E-state index >= 15 is 0 Å². The van der Waals surface area contributed by atoms with Crippen molar-refractivity contribution in [2.45, 2.75) is 37.8 Å². The maximum atomic E-state index is 11.9. The second kappa shape index (κ2) is 6.67. The Morgan fingerprint density at radius 1 is 1.25 bits per heavy atom. The van der Waals surface area contributed by atoms with Crippen LogP contribution in [0.3, 0.4) is 0 Å². The minimum Gasteiger partial charge on any atom is -0.287 e. The molecule has 108 valence electrons. The number of hydrogen-bond acceptors (Lipinski definition) is 4. The molecule has 0 spiro atoms. The smallest absolute Gasteiger partial charge is 0.265 e. The zero-order chi connectivity index (χ0) is 14.5. The molecule has 0 bridgehead atoms. The van der Waals surface area contributed by atoms with Gasteiger partial charge >= 0.3 is 0 Å². The number of hydrazine groups is 1. The Balaban J connectivity index is 1.91. The molecule has 7 heteroatoms. The average molecular weight is 298 g/mol. The second-order valence-corrected chi connectivity index (χ2v) is 5.29. The van der Waals surface area contributed by atoms with Crippen molar-refractivity contribution in [2.75, 3.05) is 0 Å². The number of nitrogens with one attached hydrogen (secondary N) is 2. The summed E-state index contributed by atoms with van der Waals surface area (Å²) in [6.45, 7) is 0. The first-order chi connectivity index (χ1) is 9.58. The summed E-state index contributed by atoms with van der Waals surface area (Å²) in [6.07, 6.45) is 3.02. The van der Waals surface area contributed by atoms with E-state index in [1.165, 1.54) is 0 Å². The van der Waals surface area contributed by atoms with Crippen LogP contribution >= 0.6 is 11.6 Å². The van der Waals surface area contributed by atoms with Gasteiger partial charge in [-0.15, -0.1) is 0 Å². The number of carbonyl (C=O) groups is 1. The van der Waals surface area contributed by atoms with Gasteiger partial charge in [0.15, 0.2) is 0 Å². The van der Waals surface area contributed by atoms with Crippen molar-refractivity contribution in [3.05, 3.63) is 45.0 Å². The molecule has 0 aliphatic heterocycles. The summed E-state index contributed by atoms with van der Waals surface area (Å²) in [6, 6.07) is 5.48. The highest BCUT2D eigenvalue weighted by molar-refractivity contribution is 6.30. The Morgan fingerprint density at radius 3 is 2.55 bits per heavy atom. The summed E-state index contributed by atoms with van der Waals surface area (Å²) >= 11 is 5.75. The molecule has 1 amide bonds. The zero-order valence-corrected chi connectivity index (χ0v) is 11.6. The third kappa shape index (κ3) is 3.68. The lowest BCUT2D eigenvalue weighted by atomic mass is 9.91.